The Bertz CT molecular complexity index is 1270. The Hall–Kier alpha value is -3.17. The number of fused-ring (bicyclic) bond motifs is 2. The number of rotatable bonds is 3. The molecule has 29 heavy (non-hydrogen) atoms. The maximum Gasteiger partial charge on any atom is 0.264 e. The third-order valence-corrected chi connectivity index (χ3v) is 5.70. The van der Waals surface area contributed by atoms with Crippen LogP contribution in [0.1, 0.15) is 10.4 Å². The van der Waals surface area contributed by atoms with Gasteiger partial charge in [0.15, 0.2) is 5.75 Å². The lowest BCUT2D eigenvalue weighted by Crippen LogP contribution is -2.16. The van der Waals surface area contributed by atoms with Crippen LogP contribution in [0.4, 0.5) is 20.2 Å². The highest BCUT2D eigenvalue weighted by Gasteiger charge is 2.24. The number of halogens is 3. The maximum absolute atomic E-state index is 13.9. The van der Waals surface area contributed by atoms with Crippen molar-refractivity contribution in [1.82, 2.24) is 0 Å². The second-order valence-corrected chi connectivity index (χ2v) is 8.18. The van der Waals surface area contributed by atoms with Crippen LogP contribution in [-0.2, 0) is 10.0 Å². The van der Waals surface area contributed by atoms with Crippen molar-refractivity contribution in [3.05, 3.63) is 76.8 Å². The number of nitrogens with one attached hydrogen (secondary N) is 2. The summed E-state index contributed by atoms with van der Waals surface area (Å²) in [6, 6.07) is 10.7. The van der Waals surface area contributed by atoms with E-state index in [4.69, 9.17) is 16.3 Å². The van der Waals surface area contributed by atoms with E-state index in [0.29, 0.717) is 28.6 Å². The minimum atomic E-state index is -4.43. The summed E-state index contributed by atoms with van der Waals surface area (Å²) in [6.07, 6.45) is 0. The van der Waals surface area contributed by atoms with Crippen molar-refractivity contribution in [3.63, 3.8) is 0 Å². The number of amides is 1. The first kappa shape index (κ1) is 19.2. The molecule has 10 heteroatoms. The summed E-state index contributed by atoms with van der Waals surface area (Å²) in [7, 11) is -4.43. The molecule has 0 saturated heterocycles. The van der Waals surface area contributed by atoms with Gasteiger partial charge in [-0.25, -0.2) is 17.2 Å². The van der Waals surface area contributed by atoms with Gasteiger partial charge in [-0.15, -0.1) is 0 Å². The van der Waals surface area contributed by atoms with Crippen molar-refractivity contribution in [1.29, 1.82) is 0 Å². The Morgan fingerprint density at radius 1 is 0.966 bits per heavy atom. The van der Waals surface area contributed by atoms with Crippen molar-refractivity contribution < 1.29 is 26.7 Å². The lowest BCUT2D eigenvalue weighted by Gasteiger charge is -2.12. The van der Waals surface area contributed by atoms with Crippen LogP contribution in [0, 0.1) is 11.6 Å². The first-order valence-electron chi connectivity index (χ1n) is 8.14. The van der Waals surface area contributed by atoms with E-state index in [1.807, 2.05) is 0 Å². The zero-order chi connectivity index (χ0) is 20.8. The predicted molar refractivity (Wildman–Crippen MR) is 103 cm³/mol. The molecule has 1 heterocycles. The van der Waals surface area contributed by atoms with E-state index in [0.717, 1.165) is 6.07 Å². The third kappa shape index (κ3) is 3.74. The lowest BCUT2D eigenvalue weighted by atomic mass is 10.1. The molecule has 1 amide bonds. The van der Waals surface area contributed by atoms with Crippen LogP contribution < -0.4 is 14.8 Å². The van der Waals surface area contributed by atoms with Gasteiger partial charge in [0.2, 0.25) is 0 Å². The summed E-state index contributed by atoms with van der Waals surface area (Å²) < 4.78 is 59.9. The zero-order valence-electron chi connectivity index (χ0n) is 14.4. The Morgan fingerprint density at radius 3 is 2.52 bits per heavy atom. The normalized spacial score (nSPS) is 12.9. The van der Waals surface area contributed by atoms with Crippen molar-refractivity contribution in [2.45, 2.75) is 4.90 Å². The van der Waals surface area contributed by atoms with Gasteiger partial charge < -0.3 is 10.1 Å². The van der Waals surface area contributed by atoms with Gasteiger partial charge in [0.1, 0.15) is 22.3 Å². The third-order valence-electron chi connectivity index (χ3n) is 4.07. The number of ether oxygens (including phenoxy) is 1. The zero-order valence-corrected chi connectivity index (χ0v) is 15.9. The SMILES string of the molecule is O=C1Nc2cc(Cl)ccc2Oc2ccc(NS(=O)(=O)c3cc(F)ccc3F)cc21. The quantitative estimate of drug-likeness (QED) is 0.619. The highest BCUT2D eigenvalue weighted by atomic mass is 35.5. The van der Waals surface area contributed by atoms with Crippen molar-refractivity contribution in [3.8, 4) is 11.5 Å². The molecule has 0 atom stereocenters. The molecule has 6 nitrogen and oxygen atoms in total. The molecule has 3 aromatic carbocycles. The van der Waals surface area contributed by atoms with E-state index in [2.05, 4.69) is 10.0 Å². The fourth-order valence-corrected chi connectivity index (χ4v) is 4.06. The molecule has 148 valence electrons. The van der Waals surface area contributed by atoms with Crippen LogP contribution in [0.15, 0.2) is 59.5 Å². The molecule has 2 N–H and O–H groups in total. The van der Waals surface area contributed by atoms with Crippen molar-refractivity contribution in [2.75, 3.05) is 10.0 Å². The molecule has 1 aliphatic rings. The summed E-state index contributed by atoms with van der Waals surface area (Å²) in [5.41, 5.74) is 0.357. The van der Waals surface area contributed by atoms with Crippen LogP contribution in [0.25, 0.3) is 0 Å². The van der Waals surface area contributed by atoms with E-state index in [9.17, 15) is 22.0 Å². The van der Waals surface area contributed by atoms with Crippen LogP contribution in [-0.4, -0.2) is 14.3 Å². The largest absolute Gasteiger partial charge is 0.454 e. The highest BCUT2D eigenvalue weighted by molar-refractivity contribution is 7.92. The first-order chi connectivity index (χ1) is 13.7. The number of carbonyl (C=O) groups excluding carboxylic acids is 1. The van der Waals surface area contributed by atoms with Gasteiger partial charge in [0.05, 0.1) is 11.3 Å². The molecule has 1 aliphatic heterocycles. The summed E-state index contributed by atoms with van der Waals surface area (Å²) >= 11 is 5.93. The molecule has 0 spiro atoms. The van der Waals surface area contributed by atoms with Gasteiger partial charge in [0, 0.05) is 10.7 Å². The molecule has 0 fully saturated rings. The molecule has 0 radical (unpaired) electrons. The topological polar surface area (TPSA) is 84.5 Å². The average Bonchev–Trinajstić information content (AvgIpc) is 2.79. The Kier molecular flexibility index (Phi) is 4.64. The average molecular weight is 437 g/mol. The lowest BCUT2D eigenvalue weighted by molar-refractivity contribution is 0.102. The molecule has 0 aliphatic carbocycles. The number of benzene rings is 3. The predicted octanol–water partition coefficient (Wildman–Crippen LogP) is 4.78. The van der Waals surface area contributed by atoms with E-state index >= 15 is 0 Å². The Morgan fingerprint density at radius 2 is 1.72 bits per heavy atom. The van der Waals surface area contributed by atoms with E-state index in [1.54, 1.807) is 12.1 Å². The molecule has 0 saturated carbocycles. The number of hydrogen-bond donors (Lipinski definition) is 2. The number of hydrogen-bond acceptors (Lipinski definition) is 4. The van der Waals surface area contributed by atoms with Crippen LogP contribution in [0.3, 0.4) is 0 Å². The Labute approximate surface area is 169 Å². The van der Waals surface area contributed by atoms with Crippen molar-refractivity contribution >= 4 is 38.9 Å². The number of anilines is 2. The molecular weight excluding hydrogens is 426 g/mol. The van der Waals surface area contributed by atoms with E-state index in [-0.39, 0.29) is 17.0 Å². The molecular formula is C19H11ClF2N2O4S. The van der Waals surface area contributed by atoms with Crippen LogP contribution in [0.2, 0.25) is 5.02 Å². The van der Waals surface area contributed by atoms with Gasteiger partial charge in [-0.05, 0) is 54.6 Å². The fraction of sp³-hybridized carbons (Fsp3) is 0. The van der Waals surface area contributed by atoms with E-state index in [1.165, 1.54) is 24.3 Å². The summed E-state index contributed by atoms with van der Waals surface area (Å²) in [6.45, 7) is 0. The first-order valence-corrected chi connectivity index (χ1v) is 10.00. The minimum Gasteiger partial charge on any atom is -0.454 e. The summed E-state index contributed by atoms with van der Waals surface area (Å²) in [5, 5.41) is 3.02. The molecule has 0 aromatic heterocycles. The number of sulfonamides is 1. The summed E-state index contributed by atoms with van der Waals surface area (Å²) in [4.78, 5) is 11.7. The maximum atomic E-state index is 13.9. The Balaban J connectivity index is 1.69. The fourth-order valence-electron chi connectivity index (χ4n) is 2.75. The van der Waals surface area contributed by atoms with Crippen LogP contribution >= 0.6 is 11.6 Å². The monoisotopic (exact) mass is 436 g/mol. The number of carbonyl (C=O) groups is 1. The van der Waals surface area contributed by atoms with Gasteiger partial charge in [0.25, 0.3) is 15.9 Å². The molecule has 0 bridgehead atoms. The van der Waals surface area contributed by atoms with Gasteiger partial charge in [-0.2, -0.15) is 0 Å². The molecule has 4 rings (SSSR count). The highest BCUT2D eigenvalue weighted by Crippen LogP contribution is 2.38. The van der Waals surface area contributed by atoms with Gasteiger partial charge in [-0.1, -0.05) is 11.6 Å². The second-order valence-electron chi connectivity index (χ2n) is 6.09. The standard InChI is InChI=1S/C19H11ClF2N2O4S/c20-10-1-5-17-15(7-10)23-19(25)13-9-12(3-6-16(13)28-17)24-29(26,27)18-8-11(21)2-4-14(18)22/h1-9,24H,(H,23,25). The van der Waals surface area contributed by atoms with Crippen LogP contribution in [0.5, 0.6) is 11.5 Å². The van der Waals surface area contributed by atoms with E-state index < -0.39 is 32.5 Å². The smallest absolute Gasteiger partial charge is 0.264 e. The molecule has 0 unspecified atom stereocenters. The van der Waals surface area contributed by atoms with Gasteiger partial charge in [-0.3, -0.25) is 9.52 Å². The molecule has 3 aromatic rings. The van der Waals surface area contributed by atoms with Crippen molar-refractivity contribution in [2.24, 2.45) is 0 Å². The minimum absolute atomic E-state index is 0.0323. The second kappa shape index (κ2) is 7.02. The van der Waals surface area contributed by atoms with Gasteiger partial charge >= 0.3 is 0 Å². The summed E-state index contributed by atoms with van der Waals surface area (Å²) in [5.74, 6) is -2.03.